The van der Waals surface area contributed by atoms with Crippen molar-refractivity contribution in [2.45, 2.75) is 24.6 Å². The topological polar surface area (TPSA) is 13.1 Å². The molecule has 1 heterocycles. The Kier molecular flexibility index (Phi) is 2.74. The highest BCUT2D eigenvalue weighted by atomic mass is 79.9. The van der Waals surface area contributed by atoms with Gasteiger partial charge in [0.25, 0.3) is 0 Å². The van der Waals surface area contributed by atoms with Crippen LogP contribution in [-0.4, -0.2) is 0 Å². The van der Waals surface area contributed by atoms with Gasteiger partial charge in [0.2, 0.25) is 0 Å². The maximum atomic E-state index is 5.66. The van der Waals surface area contributed by atoms with Crippen LogP contribution in [0.2, 0.25) is 0 Å². The second kappa shape index (κ2) is 4.49. The number of aryl methyl sites for hydroxylation is 3. The number of hydrogen-bond acceptors (Lipinski definition) is 1. The molecular formula is C18H15BrO. The van der Waals surface area contributed by atoms with Gasteiger partial charge in [-0.05, 0) is 58.9 Å². The summed E-state index contributed by atoms with van der Waals surface area (Å²) in [6, 6.07) is 13.2. The summed E-state index contributed by atoms with van der Waals surface area (Å²) >= 11 is 3.82. The van der Waals surface area contributed by atoms with Crippen LogP contribution in [0.5, 0.6) is 0 Å². The average molecular weight is 327 g/mol. The number of alkyl halides is 1. The Morgan fingerprint density at radius 2 is 1.85 bits per heavy atom. The average Bonchev–Trinajstić information content (AvgIpc) is 3.07. The first kappa shape index (κ1) is 12.2. The monoisotopic (exact) mass is 326 g/mol. The molecule has 3 aromatic rings. The van der Waals surface area contributed by atoms with E-state index in [1.54, 1.807) is 6.26 Å². The quantitative estimate of drug-likeness (QED) is 0.580. The molecule has 100 valence electrons. The molecule has 20 heavy (non-hydrogen) atoms. The lowest BCUT2D eigenvalue weighted by Crippen LogP contribution is -1.95. The fourth-order valence-electron chi connectivity index (χ4n) is 3.28. The molecule has 1 aliphatic rings. The predicted molar refractivity (Wildman–Crippen MR) is 85.6 cm³/mol. The highest BCUT2D eigenvalue weighted by Crippen LogP contribution is 2.40. The Balaban J connectivity index is 1.96. The first-order chi connectivity index (χ1) is 9.75. The molecule has 4 rings (SSSR count). The zero-order valence-electron chi connectivity index (χ0n) is 11.3. The summed E-state index contributed by atoms with van der Waals surface area (Å²) in [6.45, 7) is 2.09. The first-order valence-corrected chi connectivity index (χ1v) is 7.88. The van der Waals surface area contributed by atoms with Crippen molar-refractivity contribution >= 4 is 26.7 Å². The first-order valence-electron chi connectivity index (χ1n) is 6.97. The molecule has 0 fully saturated rings. The van der Waals surface area contributed by atoms with Crippen LogP contribution < -0.4 is 0 Å². The van der Waals surface area contributed by atoms with Gasteiger partial charge < -0.3 is 4.42 Å². The lowest BCUT2D eigenvalue weighted by Gasteiger charge is -2.13. The smallest absolute Gasteiger partial charge is 0.124 e. The van der Waals surface area contributed by atoms with E-state index in [-0.39, 0.29) is 4.83 Å². The minimum Gasteiger partial charge on any atom is -0.468 e. The molecule has 0 radical (unpaired) electrons. The van der Waals surface area contributed by atoms with Gasteiger partial charge >= 0.3 is 0 Å². The number of benzene rings is 2. The standard InChI is InChI=1S/C18H15BrO/c1-11-9-10-20-18(11)17(19)15-8-7-13-6-5-12-3-2-4-14(15)16(12)13/h2-4,7-10,17H,5-6H2,1H3. The molecular weight excluding hydrogens is 312 g/mol. The second-order valence-corrected chi connectivity index (χ2v) is 6.40. The summed E-state index contributed by atoms with van der Waals surface area (Å²) in [5, 5.41) is 2.81. The normalized spacial score (nSPS) is 14.9. The molecule has 0 aliphatic heterocycles. The van der Waals surface area contributed by atoms with Crippen molar-refractivity contribution in [3.8, 4) is 0 Å². The molecule has 0 amide bonds. The van der Waals surface area contributed by atoms with Gasteiger partial charge in [-0.25, -0.2) is 0 Å². The van der Waals surface area contributed by atoms with E-state index in [1.165, 1.54) is 45.9 Å². The molecule has 1 atom stereocenters. The molecule has 1 aliphatic carbocycles. The van der Waals surface area contributed by atoms with Crippen molar-refractivity contribution in [3.05, 3.63) is 70.7 Å². The number of rotatable bonds is 2. The van der Waals surface area contributed by atoms with Crippen molar-refractivity contribution in [1.29, 1.82) is 0 Å². The lowest BCUT2D eigenvalue weighted by molar-refractivity contribution is 0.517. The van der Waals surface area contributed by atoms with Crippen LogP contribution in [0.15, 0.2) is 47.1 Å². The highest BCUT2D eigenvalue weighted by molar-refractivity contribution is 9.09. The van der Waals surface area contributed by atoms with E-state index >= 15 is 0 Å². The Labute approximate surface area is 126 Å². The molecule has 0 spiro atoms. The fraction of sp³-hybridized carbons (Fsp3) is 0.222. The van der Waals surface area contributed by atoms with Gasteiger partial charge in [0.1, 0.15) is 5.76 Å². The zero-order valence-corrected chi connectivity index (χ0v) is 12.9. The third-order valence-corrected chi connectivity index (χ3v) is 5.22. The van der Waals surface area contributed by atoms with Gasteiger partial charge in [0.05, 0.1) is 11.1 Å². The van der Waals surface area contributed by atoms with E-state index in [9.17, 15) is 0 Å². The summed E-state index contributed by atoms with van der Waals surface area (Å²) in [5.41, 5.74) is 5.45. The number of furan rings is 1. The predicted octanol–water partition coefficient (Wildman–Crippen LogP) is 5.32. The Morgan fingerprint density at radius 1 is 1.05 bits per heavy atom. The van der Waals surface area contributed by atoms with E-state index in [0.717, 1.165) is 5.76 Å². The van der Waals surface area contributed by atoms with Gasteiger partial charge in [0, 0.05) is 0 Å². The summed E-state index contributed by atoms with van der Waals surface area (Å²) in [4.78, 5) is 0.113. The Hall–Kier alpha value is -1.54. The van der Waals surface area contributed by atoms with Crippen LogP contribution in [0, 0.1) is 6.92 Å². The summed E-state index contributed by atoms with van der Waals surface area (Å²) < 4.78 is 5.66. The van der Waals surface area contributed by atoms with Gasteiger partial charge in [-0.2, -0.15) is 0 Å². The third-order valence-electron chi connectivity index (χ3n) is 4.32. The number of halogens is 1. The molecule has 0 bridgehead atoms. The lowest BCUT2D eigenvalue weighted by atomic mass is 9.97. The molecule has 2 heteroatoms. The van der Waals surface area contributed by atoms with Crippen molar-refractivity contribution in [3.63, 3.8) is 0 Å². The molecule has 2 aromatic carbocycles. The van der Waals surface area contributed by atoms with Gasteiger partial charge in [-0.15, -0.1) is 0 Å². The Morgan fingerprint density at radius 3 is 2.60 bits per heavy atom. The third kappa shape index (κ3) is 1.68. The van der Waals surface area contributed by atoms with Crippen LogP contribution in [0.4, 0.5) is 0 Å². The molecule has 1 unspecified atom stereocenters. The second-order valence-electron chi connectivity index (χ2n) is 5.48. The van der Waals surface area contributed by atoms with E-state index in [0.29, 0.717) is 0 Å². The van der Waals surface area contributed by atoms with E-state index in [4.69, 9.17) is 4.42 Å². The van der Waals surface area contributed by atoms with Crippen LogP contribution in [-0.2, 0) is 12.8 Å². The highest BCUT2D eigenvalue weighted by Gasteiger charge is 2.22. The maximum absolute atomic E-state index is 5.66. The molecule has 0 N–H and O–H groups in total. The van der Waals surface area contributed by atoms with Crippen LogP contribution in [0.25, 0.3) is 10.8 Å². The van der Waals surface area contributed by atoms with E-state index < -0.39 is 0 Å². The summed E-state index contributed by atoms with van der Waals surface area (Å²) in [5.74, 6) is 1.00. The van der Waals surface area contributed by atoms with Crippen LogP contribution >= 0.6 is 15.9 Å². The summed E-state index contributed by atoms with van der Waals surface area (Å²) in [6.07, 6.45) is 4.10. The van der Waals surface area contributed by atoms with E-state index in [2.05, 4.69) is 53.2 Å². The van der Waals surface area contributed by atoms with Gasteiger partial charge in [0.15, 0.2) is 0 Å². The van der Waals surface area contributed by atoms with Crippen molar-refractivity contribution in [1.82, 2.24) is 0 Å². The van der Waals surface area contributed by atoms with Gasteiger partial charge in [-0.3, -0.25) is 0 Å². The van der Waals surface area contributed by atoms with Crippen LogP contribution in [0.3, 0.4) is 0 Å². The Bertz CT molecular complexity index is 790. The maximum Gasteiger partial charge on any atom is 0.124 e. The van der Waals surface area contributed by atoms with E-state index in [1.807, 2.05) is 6.07 Å². The van der Waals surface area contributed by atoms with Crippen molar-refractivity contribution in [2.24, 2.45) is 0 Å². The molecule has 0 saturated heterocycles. The fourth-order valence-corrected chi connectivity index (χ4v) is 4.14. The largest absolute Gasteiger partial charge is 0.468 e. The van der Waals surface area contributed by atoms with Crippen molar-refractivity contribution in [2.75, 3.05) is 0 Å². The summed E-state index contributed by atoms with van der Waals surface area (Å²) in [7, 11) is 0. The molecule has 1 aromatic heterocycles. The zero-order chi connectivity index (χ0) is 13.7. The van der Waals surface area contributed by atoms with Crippen LogP contribution in [0.1, 0.15) is 32.8 Å². The SMILES string of the molecule is Cc1ccoc1C(Br)c1ccc2c3c(cccc13)CC2. The molecule has 1 nitrogen and oxygen atoms in total. The minimum atomic E-state index is 0.113. The molecule has 0 saturated carbocycles. The number of hydrogen-bond donors (Lipinski definition) is 0. The van der Waals surface area contributed by atoms with Crippen molar-refractivity contribution < 1.29 is 4.42 Å². The minimum absolute atomic E-state index is 0.113. The van der Waals surface area contributed by atoms with Gasteiger partial charge in [-0.1, -0.05) is 46.3 Å².